The first kappa shape index (κ1) is 20.0. The third-order valence-electron chi connectivity index (χ3n) is 4.73. The van der Waals surface area contributed by atoms with Gasteiger partial charge in [-0.3, -0.25) is 4.79 Å². The number of rotatable bonds is 7. The molecule has 1 N–H and O–H groups in total. The van der Waals surface area contributed by atoms with Crippen LogP contribution in [0, 0.1) is 0 Å². The second-order valence-electron chi connectivity index (χ2n) is 6.48. The molecule has 1 amide bonds. The molecule has 0 aliphatic carbocycles. The molecule has 0 atom stereocenters. The van der Waals surface area contributed by atoms with Crippen molar-refractivity contribution in [3.8, 4) is 0 Å². The summed E-state index contributed by atoms with van der Waals surface area (Å²) in [6.45, 7) is 4.83. The molecule has 3 aromatic rings. The van der Waals surface area contributed by atoms with Crippen LogP contribution >= 0.6 is 0 Å². The lowest BCUT2D eigenvalue weighted by Crippen LogP contribution is -2.30. The molecule has 0 fully saturated rings. The average Bonchev–Trinajstić information content (AvgIpc) is 2.72. The molecule has 0 saturated carbocycles. The van der Waals surface area contributed by atoms with E-state index >= 15 is 0 Å². The molecule has 0 bridgehead atoms. The highest BCUT2D eigenvalue weighted by molar-refractivity contribution is 7.89. The number of benzene rings is 3. The predicted molar refractivity (Wildman–Crippen MR) is 112 cm³/mol. The smallest absolute Gasteiger partial charge is 0.251 e. The van der Waals surface area contributed by atoms with Crippen LogP contribution in [-0.2, 0) is 16.6 Å². The molecule has 0 aliphatic heterocycles. The summed E-state index contributed by atoms with van der Waals surface area (Å²) in [6, 6.07) is 20.1. The van der Waals surface area contributed by atoms with Gasteiger partial charge in [0.25, 0.3) is 5.91 Å². The Morgan fingerprint density at radius 2 is 1.54 bits per heavy atom. The van der Waals surface area contributed by atoms with Crippen LogP contribution in [0.5, 0.6) is 0 Å². The highest BCUT2D eigenvalue weighted by atomic mass is 32.2. The summed E-state index contributed by atoms with van der Waals surface area (Å²) >= 11 is 0. The summed E-state index contributed by atoms with van der Waals surface area (Å²) in [6.07, 6.45) is 0. The van der Waals surface area contributed by atoms with Gasteiger partial charge < -0.3 is 5.32 Å². The van der Waals surface area contributed by atoms with Crippen molar-refractivity contribution in [2.24, 2.45) is 0 Å². The summed E-state index contributed by atoms with van der Waals surface area (Å²) in [4.78, 5) is 12.7. The fraction of sp³-hybridized carbons (Fsp3) is 0.227. The summed E-state index contributed by atoms with van der Waals surface area (Å²) in [5.74, 6) is -0.161. The summed E-state index contributed by atoms with van der Waals surface area (Å²) < 4.78 is 26.5. The van der Waals surface area contributed by atoms with E-state index in [0.717, 1.165) is 16.3 Å². The molecule has 28 heavy (non-hydrogen) atoms. The Bertz CT molecular complexity index is 1070. The van der Waals surface area contributed by atoms with Crippen LogP contribution in [0.4, 0.5) is 0 Å². The van der Waals surface area contributed by atoms with E-state index in [4.69, 9.17) is 0 Å². The van der Waals surface area contributed by atoms with Crippen molar-refractivity contribution >= 4 is 26.7 Å². The Morgan fingerprint density at radius 1 is 0.893 bits per heavy atom. The van der Waals surface area contributed by atoms with Gasteiger partial charge in [0.15, 0.2) is 0 Å². The fourth-order valence-electron chi connectivity index (χ4n) is 3.11. The van der Waals surface area contributed by atoms with Crippen LogP contribution in [0.1, 0.15) is 29.8 Å². The van der Waals surface area contributed by atoms with Gasteiger partial charge in [-0.15, -0.1) is 0 Å². The van der Waals surface area contributed by atoms with Crippen LogP contribution in [0.2, 0.25) is 0 Å². The topological polar surface area (TPSA) is 66.5 Å². The molecule has 146 valence electrons. The van der Waals surface area contributed by atoms with Crippen LogP contribution < -0.4 is 5.32 Å². The zero-order valence-electron chi connectivity index (χ0n) is 16.1. The van der Waals surface area contributed by atoms with E-state index < -0.39 is 10.0 Å². The minimum Gasteiger partial charge on any atom is -0.348 e. The largest absolute Gasteiger partial charge is 0.348 e. The lowest BCUT2D eigenvalue weighted by Gasteiger charge is -2.18. The monoisotopic (exact) mass is 396 g/mol. The number of amides is 1. The van der Waals surface area contributed by atoms with Crippen molar-refractivity contribution in [2.45, 2.75) is 25.3 Å². The third kappa shape index (κ3) is 4.24. The van der Waals surface area contributed by atoms with E-state index in [-0.39, 0.29) is 10.8 Å². The molecule has 3 aromatic carbocycles. The molecule has 3 rings (SSSR count). The lowest BCUT2D eigenvalue weighted by molar-refractivity contribution is 0.0951. The van der Waals surface area contributed by atoms with Crippen molar-refractivity contribution in [3.05, 3.63) is 77.9 Å². The van der Waals surface area contributed by atoms with Gasteiger partial charge in [0.1, 0.15) is 0 Å². The maximum Gasteiger partial charge on any atom is 0.251 e. The minimum absolute atomic E-state index is 0.161. The van der Waals surface area contributed by atoms with Crippen LogP contribution in [0.3, 0.4) is 0 Å². The number of sulfonamides is 1. The van der Waals surface area contributed by atoms with Gasteiger partial charge in [-0.2, -0.15) is 4.31 Å². The summed E-state index contributed by atoms with van der Waals surface area (Å²) in [5.41, 5.74) is 1.44. The van der Waals surface area contributed by atoms with Crippen molar-refractivity contribution in [2.75, 3.05) is 13.1 Å². The van der Waals surface area contributed by atoms with E-state index in [2.05, 4.69) is 5.32 Å². The number of carbonyl (C=O) groups is 1. The molecule has 0 radical (unpaired) electrons. The van der Waals surface area contributed by atoms with Gasteiger partial charge in [0.2, 0.25) is 10.0 Å². The van der Waals surface area contributed by atoms with E-state index in [9.17, 15) is 13.2 Å². The molecular formula is C22H24N2O3S. The summed E-state index contributed by atoms with van der Waals surface area (Å²) in [7, 11) is -3.47. The quantitative estimate of drug-likeness (QED) is 0.661. The minimum atomic E-state index is -3.47. The van der Waals surface area contributed by atoms with Crippen molar-refractivity contribution in [1.29, 1.82) is 0 Å². The lowest BCUT2D eigenvalue weighted by atomic mass is 10.1. The molecule has 0 aliphatic rings. The van der Waals surface area contributed by atoms with Crippen molar-refractivity contribution in [3.63, 3.8) is 0 Å². The maximum atomic E-state index is 12.5. The van der Waals surface area contributed by atoms with Gasteiger partial charge in [-0.1, -0.05) is 56.3 Å². The highest BCUT2D eigenvalue weighted by Crippen LogP contribution is 2.17. The Kier molecular flexibility index (Phi) is 6.11. The first-order valence-corrected chi connectivity index (χ1v) is 10.8. The number of hydrogen-bond donors (Lipinski definition) is 1. The van der Waals surface area contributed by atoms with E-state index in [1.165, 1.54) is 4.31 Å². The molecule has 0 heterocycles. The second kappa shape index (κ2) is 8.54. The van der Waals surface area contributed by atoms with Crippen molar-refractivity contribution < 1.29 is 13.2 Å². The van der Waals surface area contributed by atoms with Gasteiger partial charge in [-0.25, -0.2) is 8.42 Å². The molecule has 5 nitrogen and oxygen atoms in total. The Hall–Kier alpha value is -2.70. The number of carbonyl (C=O) groups excluding carboxylic acids is 1. The zero-order chi connectivity index (χ0) is 20.1. The SMILES string of the molecule is CCN(CC)S(=O)(=O)c1ccc(CNC(=O)c2ccc3ccccc3c2)cc1. The van der Waals surface area contributed by atoms with E-state index in [0.29, 0.717) is 25.2 Å². The molecular weight excluding hydrogens is 372 g/mol. The Labute approximate surface area is 166 Å². The van der Waals surface area contributed by atoms with Gasteiger partial charge in [0, 0.05) is 25.2 Å². The Morgan fingerprint density at radius 3 is 2.18 bits per heavy atom. The number of nitrogens with one attached hydrogen (secondary N) is 1. The number of hydrogen-bond acceptors (Lipinski definition) is 3. The molecule has 0 spiro atoms. The average molecular weight is 397 g/mol. The molecule has 0 unspecified atom stereocenters. The third-order valence-corrected chi connectivity index (χ3v) is 6.80. The number of fused-ring (bicyclic) bond motifs is 1. The second-order valence-corrected chi connectivity index (χ2v) is 8.42. The van der Waals surface area contributed by atoms with Gasteiger partial charge in [-0.05, 0) is 40.6 Å². The zero-order valence-corrected chi connectivity index (χ0v) is 16.9. The normalized spacial score (nSPS) is 11.7. The standard InChI is InChI=1S/C22H24N2O3S/c1-3-24(4-2)28(26,27)21-13-9-17(10-14-21)16-23-22(25)20-12-11-18-7-5-6-8-19(18)15-20/h5-15H,3-4,16H2,1-2H3,(H,23,25). The van der Waals surface area contributed by atoms with Crippen LogP contribution in [0.25, 0.3) is 10.8 Å². The highest BCUT2D eigenvalue weighted by Gasteiger charge is 2.21. The Balaban J connectivity index is 1.68. The fourth-order valence-corrected chi connectivity index (χ4v) is 4.56. The molecule has 0 saturated heterocycles. The van der Waals surface area contributed by atoms with Crippen molar-refractivity contribution in [1.82, 2.24) is 9.62 Å². The molecule has 6 heteroatoms. The van der Waals surface area contributed by atoms with Gasteiger partial charge >= 0.3 is 0 Å². The van der Waals surface area contributed by atoms with Crippen LogP contribution in [-0.4, -0.2) is 31.7 Å². The first-order valence-electron chi connectivity index (χ1n) is 9.31. The first-order chi connectivity index (χ1) is 13.5. The molecule has 0 aromatic heterocycles. The maximum absolute atomic E-state index is 12.5. The van der Waals surface area contributed by atoms with Gasteiger partial charge in [0.05, 0.1) is 4.90 Å². The predicted octanol–water partition coefficient (Wildman–Crippen LogP) is 3.80. The van der Waals surface area contributed by atoms with Crippen LogP contribution in [0.15, 0.2) is 71.6 Å². The van der Waals surface area contributed by atoms with E-state index in [1.807, 2.05) is 50.2 Å². The summed E-state index contributed by atoms with van der Waals surface area (Å²) in [5, 5.41) is 4.99. The number of nitrogens with zero attached hydrogens (tertiary/aromatic N) is 1. The van der Waals surface area contributed by atoms with E-state index in [1.54, 1.807) is 30.3 Å².